The Morgan fingerprint density at radius 3 is 1.93 bits per heavy atom. The van der Waals surface area contributed by atoms with Crippen molar-refractivity contribution in [3.8, 4) is 33.4 Å². The Morgan fingerprint density at radius 1 is 0.425 bits per heavy atom. The topological polar surface area (TPSA) is 0 Å². The lowest BCUT2D eigenvalue weighted by Gasteiger charge is -2.23. The third-order valence-electron chi connectivity index (χ3n) is 9.09. The fraction of sp³-hybridized carbons (Fsp3) is 0.100. The van der Waals surface area contributed by atoms with Crippen LogP contribution in [0.15, 0.2) is 127 Å². The second kappa shape index (κ2) is 8.41. The molecule has 0 spiro atoms. The van der Waals surface area contributed by atoms with E-state index in [1.807, 2.05) is 0 Å². The zero-order valence-electron chi connectivity index (χ0n) is 23.1. The zero-order chi connectivity index (χ0) is 27.0. The van der Waals surface area contributed by atoms with E-state index in [0.717, 1.165) is 0 Å². The molecule has 0 fully saturated rings. The Kier molecular flexibility index (Phi) is 4.88. The maximum absolute atomic E-state index is 2.40. The molecule has 7 aromatic carbocycles. The quantitative estimate of drug-likeness (QED) is 0.203. The average molecular weight is 511 g/mol. The Labute approximate surface area is 235 Å². The van der Waals surface area contributed by atoms with E-state index < -0.39 is 0 Å². The van der Waals surface area contributed by atoms with Crippen molar-refractivity contribution >= 4 is 32.3 Å². The van der Waals surface area contributed by atoms with Gasteiger partial charge in [0.25, 0.3) is 0 Å². The third-order valence-corrected chi connectivity index (χ3v) is 9.09. The van der Waals surface area contributed by atoms with E-state index in [-0.39, 0.29) is 5.41 Å². The lowest BCUT2D eigenvalue weighted by molar-refractivity contribution is 0.660. The molecule has 0 atom stereocenters. The lowest BCUT2D eigenvalue weighted by atomic mass is 9.80. The first-order chi connectivity index (χ1) is 19.5. The minimum Gasteiger partial charge on any atom is -0.0619 e. The van der Waals surface area contributed by atoms with Crippen LogP contribution in [-0.4, -0.2) is 0 Å². The van der Waals surface area contributed by atoms with Crippen molar-refractivity contribution in [2.45, 2.75) is 26.2 Å². The summed E-state index contributed by atoms with van der Waals surface area (Å²) in [5.74, 6) is 0. The van der Waals surface area contributed by atoms with Crippen LogP contribution in [0, 0.1) is 6.92 Å². The number of aryl methyl sites for hydroxylation is 1. The van der Waals surface area contributed by atoms with Gasteiger partial charge in [0.1, 0.15) is 0 Å². The summed E-state index contributed by atoms with van der Waals surface area (Å²) in [6, 6.07) is 47.5. The van der Waals surface area contributed by atoms with Gasteiger partial charge in [-0.25, -0.2) is 0 Å². The van der Waals surface area contributed by atoms with E-state index in [4.69, 9.17) is 0 Å². The van der Waals surface area contributed by atoms with Gasteiger partial charge in [-0.2, -0.15) is 0 Å². The van der Waals surface area contributed by atoms with Crippen LogP contribution in [0.25, 0.3) is 65.7 Å². The zero-order valence-corrected chi connectivity index (χ0v) is 23.1. The van der Waals surface area contributed by atoms with Gasteiger partial charge >= 0.3 is 0 Å². The lowest BCUT2D eigenvalue weighted by Crippen LogP contribution is -2.14. The van der Waals surface area contributed by atoms with E-state index in [0.29, 0.717) is 0 Å². The van der Waals surface area contributed by atoms with Gasteiger partial charge in [0.05, 0.1) is 0 Å². The summed E-state index contributed by atoms with van der Waals surface area (Å²) in [5.41, 5.74) is 12.1. The van der Waals surface area contributed by atoms with Crippen molar-refractivity contribution in [1.82, 2.24) is 0 Å². The summed E-state index contributed by atoms with van der Waals surface area (Å²) in [5, 5.41) is 7.77. The van der Waals surface area contributed by atoms with Crippen LogP contribution in [0.4, 0.5) is 0 Å². The van der Waals surface area contributed by atoms with E-state index >= 15 is 0 Å². The van der Waals surface area contributed by atoms with E-state index in [1.54, 1.807) is 0 Å². The van der Waals surface area contributed by atoms with Crippen LogP contribution in [0.5, 0.6) is 0 Å². The van der Waals surface area contributed by atoms with Crippen LogP contribution >= 0.6 is 0 Å². The van der Waals surface area contributed by atoms with Crippen molar-refractivity contribution < 1.29 is 0 Å². The number of hydrogen-bond donors (Lipinski definition) is 0. The summed E-state index contributed by atoms with van der Waals surface area (Å²) in [7, 11) is 0. The third kappa shape index (κ3) is 3.20. The highest BCUT2D eigenvalue weighted by Crippen LogP contribution is 2.54. The summed E-state index contributed by atoms with van der Waals surface area (Å²) < 4.78 is 0. The van der Waals surface area contributed by atoms with E-state index in [2.05, 4.69) is 148 Å². The molecule has 0 unspecified atom stereocenters. The molecule has 0 saturated heterocycles. The molecule has 0 heteroatoms. The van der Waals surface area contributed by atoms with Crippen molar-refractivity contribution in [3.05, 3.63) is 144 Å². The predicted octanol–water partition coefficient (Wildman–Crippen LogP) is 11.1. The van der Waals surface area contributed by atoms with Crippen LogP contribution in [-0.2, 0) is 5.41 Å². The van der Waals surface area contributed by atoms with Crippen LogP contribution in [0.3, 0.4) is 0 Å². The molecule has 0 bridgehead atoms. The molecular weight excluding hydrogens is 480 g/mol. The fourth-order valence-corrected chi connectivity index (χ4v) is 7.20. The summed E-state index contributed by atoms with van der Waals surface area (Å²) >= 11 is 0. The van der Waals surface area contributed by atoms with Gasteiger partial charge in [-0.05, 0) is 89.8 Å². The van der Waals surface area contributed by atoms with Gasteiger partial charge in [0, 0.05) is 5.41 Å². The smallest absolute Gasteiger partial charge is 0.0159 e. The van der Waals surface area contributed by atoms with E-state index in [9.17, 15) is 0 Å². The molecule has 1 aliphatic rings. The van der Waals surface area contributed by atoms with Crippen LogP contribution < -0.4 is 0 Å². The van der Waals surface area contributed by atoms with Gasteiger partial charge in [-0.1, -0.05) is 141 Å². The average Bonchev–Trinajstić information content (AvgIpc) is 3.22. The second-order valence-electron chi connectivity index (χ2n) is 11.8. The van der Waals surface area contributed by atoms with Gasteiger partial charge in [-0.15, -0.1) is 0 Å². The molecule has 190 valence electrons. The first-order valence-corrected chi connectivity index (χ1v) is 14.2. The van der Waals surface area contributed by atoms with Crippen molar-refractivity contribution in [2.75, 3.05) is 0 Å². The molecule has 0 saturated carbocycles. The Morgan fingerprint density at radius 2 is 1.07 bits per heavy atom. The highest BCUT2D eigenvalue weighted by molar-refractivity contribution is 6.23. The highest BCUT2D eigenvalue weighted by Gasteiger charge is 2.37. The summed E-state index contributed by atoms with van der Waals surface area (Å²) in [6.07, 6.45) is 0. The minimum absolute atomic E-state index is 0.0332. The molecule has 0 radical (unpaired) electrons. The molecule has 8 rings (SSSR count). The van der Waals surface area contributed by atoms with Crippen LogP contribution in [0.2, 0.25) is 0 Å². The minimum atomic E-state index is -0.0332. The molecule has 0 nitrogen and oxygen atoms in total. The predicted molar refractivity (Wildman–Crippen MR) is 172 cm³/mol. The highest BCUT2D eigenvalue weighted by atomic mass is 14.4. The fourth-order valence-electron chi connectivity index (χ4n) is 7.20. The Balaban J connectivity index is 1.53. The number of hydrogen-bond acceptors (Lipinski definition) is 0. The van der Waals surface area contributed by atoms with Gasteiger partial charge in [0.15, 0.2) is 0 Å². The van der Waals surface area contributed by atoms with E-state index in [1.165, 1.54) is 82.4 Å². The van der Waals surface area contributed by atoms with Crippen molar-refractivity contribution in [3.63, 3.8) is 0 Å². The number of fused-ring (bicyclic) bond motifs is 6. The molecule has 40 heavy (non-hydrogen) atoms. The normalized spacial score (nSPS) is 13.6. The Bertz CT molecular complexity index is 2140. The number of benzene rings is 7. The van der Waals surface area contributed by atoms with Crippen molar-refractivity contribution in [1.29, 1.82) is 0 Å². The van der Waals surface area contributed by atoms with Gasteiger partial charge in [-0.3, -0.25) is 0 Å². The van der Waals surface area contributed by atoms with Gasteiger partial charge < -0.3 is 0 Å². The summed E-state index contributed by atoms with van der Waals surface area (Å²) in [4.78, 5) is 0. The molecule has 0 aromatic heterocycles. The maximum Gasteiger partial charge on any atom is 0.0159 e. The SMILES string of the molecule is Cc1ccc2c(-c3ccc4ccccc4c3)c3ccccc3c(-c3cccc4c3-c3ccccc3C4(C)C)c2c1. The first-order valence-electron chi connectivity index (χ1n) is 14.2. The summed E-state index contributed by atoms with van der Waals surface area (Å²) in [6.45, 7) is 6.94. The molecule has 0 amide bonds. The van der Waals surface area contributed by atoms with Crippen molar-refractivity contribution in [2.24, 2.45) is 0 Å². The van der Waals surface area contributed by atoms with Crippen LogP contribution in [0.1, 0.15) is 30.5 Å². The molecule has 7 aromatic rings. The molecule has 1 aliphatic carbocycles. The number of rotatable bonds is 2. The molecule has 0 N–H and O–H groups in total. The largest absolute Gasteiger partial charge is 0.0619 e. The molecule has 0 heterocycles. The van der Waals surface area contributed by atoms with Gasteiger partial charge in [0.2, 0.25) is 0 Å². The molecular formula is C40H30. The maximum atomic E-state index is 2.40. The Hall–Kier alpha value is -4.68. The second-order valence-corrected chi connectivity index (χ2v) is 11.8. The first kappa shape index (κ1) is 23.2. The monoisotopic (exact) mass is 510 g/mol. The molecule has 0 aliphatic heterocycles. The standard InChI is InChI=1S/C40H30/c1-25-19-22-31-34(23-25)38(33-16-10-18-36-39(33)32-15-8-9-17-35(32)40(36,2)3)30-14-7-6-13-29(30)37(31)28-21-20-26-11-4-5-12-27(26)24-28/h4-24H,1-3H3.